The molecule has 0 saturated carbocycles. The standard InChI is InChI=1S/C53H34N4/c1-4-15-35(16-5-1)36-27-29-37(30-28-36)46-34-47(56-53(55-46)38-17-6-2-7-18-38)39-19-14-20-40(33-39)52-44-31-32-49-51(50(44)42-23-10-12-25-45(42)54-52)43-24-11-13-26-48(43)57(49)41-21-8-3-9-22-41/h1-34H. The van der Waals surface area contributed by atoms with Gasteiger partial charge in [0.05, 0.1) is 33.6 Å². The van der Waals surface area contributed by atoms with Gasteiger partial charge in [0.15, 0.2) is 5.82 Å². The molecule has 266 valence electrons. The lowest BCUT2D eigenvalue weighted by Crippen LogP contribution is -1.96. The third-order valence-electron chi connectivity index (χ3n) is 11.0. The first-order chi connectivity index (χ1) is 28.3. The molecule has 8 aromatic carbocycles. The van der Waals surface area contributed by atoms with Crippen LogP contribution >= 0.6 is 0 Å². The molecule has 11 aromatic rings. The summed E-state index contributed by atoms with van der Waals surface area (Å²) in [6, 6.07) is 72.5. The topological polar surface area (TPSA) is 43.6 Å². The molecule has 0 atom stereocenters. The quantitative estimate of drug-likeness (QED) is 0.160. The highest BCUT2D eigenvalue weighted by Crippen LogP contribution is 2.43. The van der Waals surface area contributed by atoms with Crippen molar-refractivity contribution in [2.45, 2.75) is 0 Å². The number of para-hydroxylation sites is 3. The predicted molar refractivity (Wildman–Crippen MR) is 236 cm³/mol. The van der Waals surface area contributed by atoms with Gasteiger partial charge in [0.2, 0.25) is 0 Å². The van der Waals surface area contributed by atoms with Gasteiger partial charge in [0.25, 0.3) is 0 Å². The Hall–Kier alpha value is -7.69. The van der Waals surface area contributed by atoms with Gasteiger partial charge in [0, 0.05) is 54.9 Å². The number of pyridine rings is 1. The van der Waals surface area contributed by atoms with Crippen LogP contribution < -0.4 is 0 Å². The first-order valence-electron chi connectivity index (χ1n) is 19.3. The van der Waals surface area contributed by atoms with Crippen LogP contribution in [0.4, 0.5) is 0 Å². The molecule has 0 saturated heterocycles. The average molecular weight is 727 g/mol. The second-order valence-corrected chi connectivity index (χ2v) is 14.4. The van der Waals surface area contributed by atoms with Gasteiger partial charge in [0.1, 0.15) is 0 Å². The Balaban J connectivity index is 1.11. The van der Waals surface area contributed by atoms with Crippen LogP contribution in [0.2, 0.25) is 0 Å². The Kier molecular flexibility index (Phi) is 7.78. The molecule has 3 heterocycles. The lowest BCUT2D eigenvalue weighted by atomic mass is 9.95. The number of fused-ring (bicyclic) bond motifs is 7. The third kappa shape index (κ3) is 5.66. The van der Waals surface area contributed by atoms with E-state index in [1.54, 1.807) is 0 Å². The zero-order chi connectivity index (χ0) is 37.7. The summed E-state index contributed by atoms with van der Waals surface area (Å²) in [7, 11) is 0. The number of benzene rings is 8. The van der Waals surface area contributed by atoms with E-state index >= 15 is 0 Å². The van der Waals surface area contributed by atoms with Gasteiger partial charge in [-0.2, -0.15) is 0 Å². The molecule has 0 bridgehead atoms. The fourth-order valence-corrected chi connectivity index (χ4v) is 8.33. The van der Waals surface area contributed by atoms with Crippen LogP contribution in [-0.2, 0) is 0 Å². The molecule has 57 heavy (non-hydrogen) atoms. The van der Waals surface area contributed by atoms with E-state index < -0.39 is 0 Å². The minimum absolute atomic E-state index is 0.687. The van der Waals surface area contributed by atoms with Crippen LogP contribution in [0.15, 0.2) is 206 Å². The molecular weight excluding hydrogens is 693 g/mol. The van der Waals surface area contributed by atoms with Crippen molar-refractivity contribution in [2.75, 3.05) is 0 Å². The van der Waals surface area contributed by atoms with E-state index in [1.807, 2.05) is 24.3 Å². The van der Waals surface area contributed by atoms with Crippen molar-refractivity contribution in [3.05, 3.63) is 206 Å². The summed E-state index contributed by atoms with van der Waals surface area (Å²) in [5.41, 5.74) is 13.5. The highest BCUT2D eigenvalue weighted by atomic mass is 15.0. The van der Waals surface area contributed by atoms with Crippen LogP contribution in [0.1, 0.15) is 0 Å². The summed E-state index contributed by atoms with van der Waals surface area (Å²) >= 11 is 0. The van der Waals surface area contributed by atoms with E-state index in [-0.39, 0.29) is 0 Å². The van der Waals surface area contributed by atoms with Crippen molar-refractivity contribution in [1.82, 2.24) is 19.5 Å². The van der Waals surface area contributed by atoms with Gasteiger partial charge in [-0.15, -0.1) is 0 Å². The van der Waals surface area contributed by atoms with Crippen molar-refractivity contribution >= 4 is 43.5 Å². The lowest BCUT2D eigenvalue weighted by molar-refractivity contribution is 1.18. The average Bonchev–Trinajstić information content (AvgIpc) is 3.64. The number of rotatable bonds is 6. The van der Waals surface area contributed by atoms with Crippen LogP contribution in [0.25, 0.3) is 105 Å². The molecule has 3 aromatic heterocycles. The Bertz CT molecular complexity index is 3260. The summed E-state index contributed by atoms with van der Waals surface area (Å²) in [5, 5.41) is 5.91. The summed E-state index contributed by atoms with van der Waals surface area (Å²) in [6.45, 7) is 0. The molecule has 0 N–H and O–H groups in total. The third-order valence-corrected chi connectivity index (χ3v) is 11.0. The molecule has 0 aliphatic heterocycles. The Morgan fingerprint density at radius 3 is 1.67 bits per heavy atom. The summed E-state index contributed by atoms with van der Waals surface area (Å²) in [6.07, 6.45) is 0. The second kappa shape index (κ2) is 13.6. The molecule has 0 unspecified atom stereocenters. The first kappa shape index (κ1) is 32.7. The Morgan fingerprint density at radius 2 is 0.895 bits per heavy atom. The zero-order valence-electron chi connectivity index (χ0n) is 30.9. The number of nitrogens with zero attached hydrogens (tertiary/aromatic N) is 4. The maximum absolute atomic E-state index is 5.38. The van der Waals surface area contributed by atoms with E-state index in [1.165, 1.54) is 38.3 Å². The van der Waals surface area contributed by atoms with Gasteiger partial charge >= 0.3 is 0 Å². The molecule has 0 aliphatic rings. The van der Waals surface area contributed by atoms with Crippen molar-refractivity contribution in [2.24, 2.45) is 0 Å². The van der Waals surface area contributed by atoms with E-state index in [0.29, 0.717) is 5.82 Å². The van der Waals surface area contributed by atoms with Crippen molar-refractivity contribution in [1.29, 1.82) is 0 Å². The zero-order valence-corrected chi connectivity index (χ0v) is 30.9. The minimum atomic E-state index is 0.687. The van der Waals surface area contributed by atoms with Gasteiger partial charge in [-0.1, -0.05) is 164 Å². The van der Waals surface area contributed by atoms with E-state index in [2.05, 4.69) is 187 Å². The smallest absolute Gasteiger partial charge is 0.160 e. The molecule has 4 heteroatoms. The number of hydrogen-bond acceptors (Lipinski definition) is 3. The van der Waals surface area contributed by atoms with Crippen LogP contribution in [-0.4, -0.2) is 19.5 Å². The molecule has 0 radical (unpaired) electrons. The largest absolute Gasteiger partial charge is 0.309 e. The Labute approximate surface area is 330 Å². The maximum Gasteiger partial charge on any atom is 0.160 e. The minimum Gasteiger partial charge on any atom is -0.309 e. The summed E-state index contributed by atoms with van der Waals surface area (Å²) in [5.74, 6) is 0.687. The molecule has 0 spiro atoms. The summed E-state index contributed by atoms with van der Waals surface area (Å²) in [4.78, 5) is 15.7. The van der Waals surface area contributed by atoms with Gasteiger partial charge < -0.3 is 4.57 Å². The highest BCUT2D eigenvalue weighted by Gasteiger charge is 2.20. The van der Waals surface area contributed by atoms with Crippen molar-refractivity contribution in [3.8, 4) is 62.0 Å². The predicted octanol–water partition coefficient (Wildman–Crippen LogP) is 13.6. The monoisotopic (exact) mass is 726 g/mol. The van der Waals surface area contributed by atoms with E-state index in [4.69, 9.17) is 15.0 Å². The molecule has 0 fully saturated rings. The first-order valence-corrected chi connectivity index (χ1v) is 19.3. The van der Waals surface area contributed by atoms with E-state index in [0.717, 1.165) is 61.3 Å². The Morgan fingerprint density at radius 1 is 0.316 bits per heavy atom. The SMILES string of the molecule is c1ccc(-c2ccc(-c3cc(-c4cccc(-c5nc6ccccc6c6c5ccc5c6c6ccccc6n5-c5ccccc5)c4)nc(-c4ccccc4)n3)cc2)cc1. The molecule has 4 nitrogen and oxygen atoms in total. The number of aromatic nitrogens is 4. The fraction of sp³-hybridized carbons (Fsp3) is 0. The van der Waals surface area contributed by atoms with Gasteiger partial charge in [-0.3, -0.25) is 0 Å². The molecule has 0 amide bonds. The molecule has 11 rings (SSSR count). The highest BCUT2D eigenvalue weighted by molar-refractivity contribution is 6.29. The van der Waals surface area contributed by atoms with Crippen LogP contribution in [0, 0.1) is 0 Å². The van der Waals surface area contributed by atoms with Crippen molar-refractivity contribution in [3.63, 3.8) is 0 Å². The summed E-state index contributed by atoms with van der Waals surface area (Å²) < 4.78 is 2.38. The molecule has 0 aliphatic carbocycles. The van der Waals surface area contributed by atoms with Gasteiger partial charge in [-0.25, -0.2) is 15.0 Å². The van der Waals surface area contributed by atoms with E-state index in [9.17, 15) is 0 Å². The van der Waals surface area contributed by atoms with Crippen LogP contribution in [0.5, 0.6) is 0 Å². The number of hydrogen-bond donors (Lipinski definition) is 0. The van der Waals surface area contributed by atoms with Crippen LogP contribution in [0.3, 0.4) is 0 Å². The maximum atomic E-state index is 5.38. The van der Waals surface area contributed by atoms with Gasteiger partial charge in [-0.05, 0) is 53.6 Å². The normalized spacial score (nSPS) is 11.5. The second-order valence-electron chi connectivity index (χ2n) is 14.4. The van der Waals surface area contributed by atoms with Crippen molar-refractivity contribution < 1.29 is 0 Å². The lowest BCUT2D eigenvalue weighted by Gasteiger charge is -2.14. The fourth-order valence-electron chi connectivity index (χ4n) is 8.33. The molecular formula is C53H34N4.